The minimum atomic E-state index is -0.316. The fraction of sp³-hybridized carbons (Fsp3) is 0.949. The van der Waals surface area contributed by atoms with Gasteiger partial charge in [0.25, 0.3) is 0 Å². The third-order valence-corrected chi connectivity index (χ3v) is 9.00. The number of hydrogen-bond acceptors (Lipinski definition) is 3. The first-order chi connectivity index (χ1) is 21.7. The van der Waals surface area contributed by atoms with Gasteiger partial charge in [-0.25, -0.2) is 4.79 Å². The lowest BCUT2D eigenvalue weighted by Gasteiger charge is -2.23. The molecule has 0 heterocycles. The largest absolute Gasteiger partial charge is 0.464 e. The van der Waals surface area contributed by atoms with E-state index in [2.05, 4.69) is 26.1 Å². The molecule has 0 fully saturated rings. The van der Waals surface area contributed by atoms with E-state index in [1.165, 1.54) is 167 Å². The third-order valence-electron chi connectivity index (χ3n) is 9.00. The lowest BCUT2D eigenvalue weighted by atomic mass is 10.0. The van der Waals surface area contributed by atoms with Crippen LogP contribution in [0.15, 0.2) is 0 Å². The maximum Gasteiger partial charge on any atom is 0.325 e. The number of ether oxygens (including phenoxy) is 1. The molecular formula is C39H78N2O3. The Bertz CT molecular complexity index is 598. The van der Waals surface area contributed by atoms with Crippen LogP contribution in [0, 0.1) is 0 Å². The van der Waals surface area contributed by atoms with Crippen LogP contribution in [0.1, 0.15) is 213 Å². The first-order valence-corrected chi connectivity index (χ1v) is 19.8. The van der Waals surface area contributed by atoms with Gasteiger partial charge in [0, 0.05) is 13.1 Å². The number of hydrogen-bond donors (Lipinski definition) is 1. The summed E-state index contributed by atoms with van der Waals surface area (Å²) in [5.74, 6) is -0.316. The zero-order valence-corrected chi connectivity index (χ0v) is 30.2. The van der Waals surface area contributed by atoms with Gasteiger partial charge in [0.15, 0.2) is 0 Å². The number of esters is 1. The van der Waals surface area contributed by atoms with Crippen molar-refractivity contribution in [3.63, 3.8) is 0 Å². The number of rotatable bonds is 35. The van der Waals surface area contributed by atoms with Crippen LogP contribution < -0.4 is 5.32 Å². The smallest absolute Gasteiger partial charge is 0.325 e. The van der Waals surface area contributed by atoms with E-state index in [1.807, 2.05) is 4.90 Å². The van der Waals surface area contributed by atoms with Gasteiger partial charge in [0.1, 0.15) is 6.54 Å². The topological polar surface area (TPSA) is 58.6 Å². The van der Waals surface area contributed by atoms with Crippen molar-refractivity contribution < 1.29 is 14.3 Å². The molecule has 0 rings (SSSR count). The molecule has 0 aliphatic heterocycles. The molecule has 0 atom stereocenters. The zero-order chi connectivity index (χ0) is 32.2. The second-order valence-corrected chi connectivity index (χ2v) is 13.4. The lowest BCUT2D eigenvalue weighted by Crippen LogP contribution is -2.43. The fourth-order valence-electron chi connectivity index (χ4n) is 5.98. The molecule has 0 aliphatic carbocycles. The first kappa shape index (κ1) is 42.7. The van der Waals surface area contributed by atoms with Crippen molar-refractivity contribution in [2.24, 2.45) is 0 Å². The Balaban J connectivity index is 4.01. The summed E-state index contributed by atoms with van der Waals surface area (Å²) in [6.07, 6.45) is 38.7. The van der Waals surface area contributed by atoms with Crippen molar-refractivity contribution in [2.75, 3.05) is 26.2 Å². The van der Waals surface area contributed by atoms with Gasteiger partial charge in [-0.3, -0.25) is 4.79 Å². The summed E-state index contributed by atoms with van der Waals surface area (Å²) >= 11 is 0. The highest BCUT2D eigenvalue weighted by molar-refractivity contribution is 5.80. The van der Waals surface area contributed by atoms with Gasteiger partial charge < -0.3 is 15.0 Å². The number of carbonyl (C=O) groups excluding carboxylic acids is 2. The van der Waals surface area contributed by atoms with Gasteiger partial charge in [-0.2, -0.15) is 0 Å². The normalized spacial score (nSPS) is 11.2. The van der Waals surface area contributed by atoms with Crippen LogP contribution in [0.5, 0.6) is 0 Å². The summed E-state index contributed by atoms with van der Waals surface area (Å²) in [5.41, 5.74) is 0. The maximum atomic E-state index is 12.9. The molecular weight excluding hydrogens is 544 g/mol. The molecule has 0 aromatic carbocycles. The van der Waals surface area contributed by atoms with Gasteiger partial charge in [-0.05, 0) is 19.3 Å². The first-order valence-electron chi connectivity index (χ1n) is 19.8. The Morgan fingerprint density at radius 2 is 0.727 bits per heavy atom. The third kappa shape index (κ3) is 32.1. The van der Waals surface area contributed by atoms with Crippen molar-refractivity contribution >= 4 is 12.0 Å². The number of nitrogens with zero attached hydrogens (tertiary/aromatic N) is 1. The second-order valence-electron chi connectivity index (χ2n) is 13.4. The number of unbranched alkanes of at least 4 members (excludes halogenated alkanes) is 27. The molecule has 0 aliphatic rings. The highest BCUT2D eigenvalue weighted by atomic mass is 16.5. The van der Waals surface area contributed by atoms with Crippen molar-refractivity contribution in [1.82, 2.24) is 10.2 Å². The summed E-state index contributed by atoms with van der Waals surface area (Å²) in [6.45, 7) is 8.77. The van der Waals surface area contributed by atoms with Crippen LogP contribution in [0.4, 0.5) is 4.79 Å². The zero-order valence-electron chi connectivity index (χ0n) is 30.2. The van der Waals surface area contributed by atoms with Crippen molar-refractivity contribution in [3.05, 3.63) is 0 Å². The highest BCUT2D eigenvalue weighted by Crippen LogP contribution is 2.14. The van der Waals surface area contributed by atoms with E-state index < -0.39 is 0 Å². The van der Waals surface area contributed by atoms with Gasteiger partial charge >= 0.3 is 12.0 Å². The molecule has 0 bridgehead atoms. The van der Waals surface area contributed by atoms with E-state index in [0.717, 1.165) is 38.8 Å². The Labute approximate surface area is 275 Å². The second kappa shape index (κ2) is 36.2. The molecule has 5 nitrogen and oxygen atoms in total. The molecule has 0 saturated carbocycles. The summed E-state index contributed by atoms with van der Waals surface area (Å²) < 4.78 is 5.38. The maximum absolute atomic E-state index is 12.9. The van der Waals surface area contributed by atoms with E-state index in [4.69, 9.17) is 4.74 Å². The van der Waals surface area contributed by atoms with Gasteiger partial charge in [0.2, 0.25) is 0 Å². The molecule has 262 valence electrons. The lowest BCUT2D eigenvalue weighted by molar-refractivity contribution is -0.142. The predicted molar refractivity (Wildman–Crippen MR) is 191 cm³/mol. The Hall–Kier alpha value is -1.26. The van der Waals surface area contributed by atoms with Crippen LogP contribution in [-0.2, 0) is 9.53 Å². The van der Waals surface area contributed by atoms with Crippen LogP contribution in [0.3, 0.4) is 0 Å². The minimum absolute atomic E-state index is 0.0260. The average Bonchev–Trinajstić information content (AvgIpc) is 3.03. The molecule has 0 aromatic rings. The van der Waals surface area contributed by atoms with Crippen LogP contribution in [-0.4, -0.2) is 43.1 Å². The minimum Gasteiger partial charge on any atom is -0.464 e. The molecule has 0 unspecified atom stereocenters. The van der Waals surface area contributed by atoms with Gasteiger partial charge in [-0.1, -0.05) is 194 Å². The van der Waals surface area contributed by atoms with Crippen molar-refractivity contribution in [2.45, 2.75) is 213 Å². The summed E-state index contributed by atoms with van der Waals surface area (Å²) in [5, 5.41) is 2.84. The molecule has 0 spiro atoms. The molecule has 0 radical (unpaired) electrons. The van der Waals surface area contributed by atoms with Crippen molar-refractivity contribution in [3.8, 4) is 0 Å². The van der Waals surface area contributed by atoms with Gasteiger partial charge in [0.05, 0.1) is 6.61 Å². The van der Waals surface area contributed by atoms with E-state index >= 15 is 0 Å². The Kier molecular flexibility index (Phi) is 35.2. The van der Waals surface area contributed by atoms with Crippen LogP contribution >= 0.6 is 0 Å². The van der Waals surface area contributed by atoms with E-state index in [0.29, 0.717) is 6.61 Å². The summed E-state index contributed by atoms with van der Waals surface area (Å²) in [4.78, 5) is 27.1. The number of urea groups is 1. The Morgan fingerprint density at radius 3 is 1.07 bits per heavy atom. The van der Waals surface area contributed by atoms with E-state index in [-0.39, 0.29) is 18.5 Å². The SMILES string of the molecule is CCCCCCCCCCCCCCCCCCN(CCCCCCCC)C(=O)NCC(=O)OCCCCCCCCCC. The number of nitrogens with one attached hydrogen (secondary N) is 1. The quantitative estimate of drug-likeness (QED) is 0.0565. The molecule has 2 amide bonds. The Morgan fingerprint density at radius 1 is 0.432 bits per heavy atom. The molecule has 5 heteroatoms. The molecule has 0 saturated heterocycles. The monoisotopic (exact) mass is 623 g/mol. The summed E-state index contributed by atoms with van der Waals surface area (Å²) in [7, 11) is 0. The van der Waals surface area contributed by atoms with E-state index in [9.17, 15) is 9.59 Å². The predicted octanol–water partition coefficient (Wildman–Crippen LogP) is 12.3. The van der Waals surface area contributed by atoms with Gasteiger partial charge in [-0.15, -0.1) is 0 Å². The number of amides is 2. The standard InChI is InChI=1S/C39H78N2O3/c1-4-7-10-13-16-18-19-20-21-22-23-24-25-26-29-32-35-41(34-31-28-15-12-9-6-3)39(43)40-37-38(42)44-36-33-30-27-17-14-11-8-5-2/h4-37H2,1-3H3,(H,40,43). The van der Waals surface area contributed by atoms with E-state index in [1.54, 1.807) is 0 Å². The molecule has 1 N–H and O–H groups in total. The van der Waals surface area contributed by atoms with Crippen molar-refractivity contribution in [1.29, 1.82) is 0 Å². The molecule has 44 heavy (non-hydrogen) atoms. The average molecular weight is 623 g/mol. The van der Waals surface area contributed by atoms with Crippen LogP contribution in [0.2, 0.25) is 0 Å². The number of carbonyl (C=O) groups is 2. The summed E-state index contributed by atoms with van der Waals surface area (Å²) in [6, 6.07) is -0.108. The fourth-order valence-corrected chi connectivity index (χ4v) is 5.98. The molecule has 0 aromatic heterocycles. The highest BCUT2D eigenvalue weighted by Gasteiger charge is 2.14. The van der Waals surface area contributed by atoms with Crippen LogP contribution in [0.25, 0.3) is 0 Å².